The average Bonchev–Trinajstić information content (AvgIpc) is 2.87. The van der Waals surface area contributed by atoms with Gasteiger partial charge in [0.25, 0.3) is 0 Å². The molecule has 0 fully saturated rings. The van der Waals surface area contributed by atoms with Crippen molar-refractivity contribution >= 4 is 11.5 Å². The molecule has 0 aromatic carbocycles. The molecular formula is C12H19N5S. The van der Waals surface area contributed by atoms with E-state index in [9.17, 15) is 0 Å². The lowest BCUT2D eigenvalue weighted by Gasteiger charge is -2.10. The van der Waals surface area contributed by atoms with E-state index in [2.05, 4.69) is 27.7 Å². The van der Waals surface area contributed by atoms with Crippen molar-refractivity contribution in [1.29, 1.82) is 0 Å². The third-order valence-electron chi connectivity index (χ3n) is 2.94. The zero-order valence-electron chi connectivity index (χ0n) is 11.1. The van der Waals surface area contributed by atoms with E-state index in [1.807, 2.05) is 18.7 Å². The standard InChI is InChI=1S/C12H19N5S/c1-4-5-11-12(18-16-14-11)10(13)7-9-6-8(2)15-17(9)3/h6,10H,4-5,7,13H2,1-3H3. The van der Waals surface area contributed by atoms with Crippen molar-refractivity contribution in [2.24, 2.45) is 12.8 Å². The molecule has 0 saturated heterocycles. The highest BCUT2D eigenvalue weighted by molar-refractivity contribution is 7.05. The van der Waals surface area contributed by atoms with Gasteiger partial charge in [0.2, 0.25) is 0 Å². The Morgan fingerprint density at radius 2 is 2.28 bits per heavy atom. The summed E-state index contributed by atoms with van der Waals surface area (Å²) in [4.78, 5) is 1.11. The van der Waals surface area contributed by atoms with Crippen LogP contribution in [0.4, 0.5) is 0 Å². The molecule has 0 amide bonds. The zero-order chi connectivity index (χ0) is 13.1. The average molecular weight is 265 g/mol. The fourth-order valence-electron chi connectivity index (χ4n) is 2.08. The normalized spacial score (nSPS) is 12.9. The van der Waals surface area contributed by atoms with E-state index >= 15 is 0 Å². The minimum Gasteiger partial charge on any atom is -0.323 e. The van der Waals surface area contributed by atoms with Crippen molar-refractivity contribution in [3.05, 3.63) is 28.0 Å². The monoisotopic (exact) mass is 265 g/mol. The summed E-state index contributed by atoms with van der Waals surface area (Å²) in [6, 6.07) is 2.04. The van der Waals surface area contributed by atoms with Crippen molar-refractivity contribution in [2.75, 3.05) is 0 Å². The minimum absolute atomic E-state index is 0.0404. The summed E-state index contributed by atoms with van der Waals surface area (Å²) in [6.07, 6.45) is 2.79. The highest BCUT2D eigenvalue weighted by Crippen LogP contribution is 2.23. The lowest BCUT2D eigenvalue weighted by Crippen LogP contribution is -2.15. The summed E-state index contributed by atoms with van der Waals surface area (Å²) in [6.45, 7) is 4.13. The zero-order valence-corrected chi connectivity index (χ0v) is 11.9. The summed E-state index contributed by atoms with van der Waals surface area (Å²) in [7, 11) is 1.95. The highest BCUT2D eigenvalue weighted by atomic mass is 32.1. The molecule has 98 valence electrons. The number of rotatable bonds is 5. The SMILES string of the molecule is CCCc1nnsc1C(N)Cc1cc(C)nn1C. The molecule has 2 heterocycles. The third kappa shape index (κ3) is 2.76. The second-order valence-electron chi connectivity index (χ2n) is 4.55. The van der Waals surface area contributed by atoms with Gasteiger partial charge in [0.15, 0.2) is 0 Å². The lowest BCUT2D eigenvalue weighted by atomic mass is 10.1. The molecule has 0 saturated carbocycles. The van der Waals surface area contributed by atoms with E-state index in [1.165, 1.54) is 11.5 Å². The Morgan fingerprint density at radius 1 is 1.50 bits per heavy atom. The largest absolute Gasteiger partial charge is 0.323 e. The Kier molecular flexibility index (Phi) is 4.08. The van der Waals surface area contributed by atoms with Crippen molar-refractivity contribution in [1.82, 2.24) is 19.4 Å². The molecule has 0 spiro atoms. The molecule has 0 aliphatic rings. The van der Waals surface area contributed by atoms with Crippen LogP contribution in [0.5, 0.6) is 0 Å². The summed E-state index contributed by atoms with van der Waals surface area (Å²) in [5, 5.41) is 8.50. The topological polar surface area (TPSA) is 69.6 Å². The van der Waals surface area contributed by atoms with Gasteiger partial charge in [-0.15, -0.1) is 5.10 Å². The smallest absolute Gasteiger partial charge is 0.0803 e. The van der Waals surface area contributed by atoms with Crippen LogP contribution in [0, 0.1) is 6.92 Å². The van der Waals surface area contributed by atoms with Gasteiger partial charge >= 0.3 is 0 Å². The fraction of sp³-hybridized carbons (Fsp3) is 0.583. The predicted molar refractivity (Wildman–Crippen MR) is 72.5 cm³/mol. The van der Waals surface area contributed by atoms with Crippen molar-refractivity contribution in [3.63, 3.8) is 0 Å². The van der Waals surface area contributed by atoms with Gasteiger partial charge in [-0.1, -0.05) is 17.8 Å². The molecule has 2 aromatic rings. The first-order valence-electron chi connectivity index (χ1n) is 6.18. The molecular weight excluding hydrogens is 246 g/mol. The van der Waals surface area contributed by atoms with Gasteiger partial charge in [-0.2, -0.15) is 5.10 Å². The second kappa shape index (κ2) is 5.58. The van der Waals surface area contributed by atoms with Crippen molar-refractivity contribution < 1.29 is 0 Å². The van der Waals surface area contributed by atoms with Gasteiger partial charge in [0.05, 0.1) is 16.3 Å². The molecule has 5 nitrogen and oxygen atoms in total. The van der Waals surface area contributed by atoms with Gasteiger partial charge < -0.3 is 5.73 Å². The van der Waals surface area contributed by atoms with Crippen molar-refractivity contribution in [3.8, 4) is 0 Å². The van der Waals surface area contributed by atoms with Crippen LogP contribution in [0.25, 0.3) is 0 Å². The number of nitrogens with two attached hydrogens (primary N) is 1. The quantitative estimate of drug-likeness (QED) is 0.894. The van der Waals surface area contributed by atoms with Crippen LogP contribution >= 0.6 is 11.5 Å². The van der Waals surface area contributed by atoms with Crippen LogP contribution < -0.4 is 5.73 Å². The molecule has 1 unspecified atom stereocenters. The Hall–Kier alpha value is -1.27. The van der Waals surface area contributed by atoms with Crippen molar-refractivity contribution in [2.45, 2.75) is 39.2 Å². The summed E-state index contributed by atoms with van der Waals surface area (Å²) >= 11 is 1.41. The fourth-order valence-corrected chi connectivity index (χ4v) is 2.77. The Balaban J connectivity index is 2.14. The maximum absolute atomic E-state index is 6.27. The van der Waals surface area contributed by atoms with Crippen LogP contribution in [0.3, 0.4) is 0 Å². The molecule has 1 atom stereocenters. The van der Waals surface area contributed by atoms with Gasteiger partial charge in [-0.25, -0.2) is 0 Å². The van der Waals surface area contributed by atoms with E-state index in [4.69, 9.17) is 5.73 Å². The molecule has 2 aromatic heterocycles. The van der Waals surface area contributed by atoms with Gasteiger partial charge in [-0.05, 0) is 30.9 Å². The molecule has 0 aliphatic carbocycles. The number of nitrogens with zero attached hydrogens (tertiary/aromatic N) is 4. The first-order chi connectivity index (χ1) is 8.61. The third-order valence-corrected chi connectivity index (χ3v) is 3.84. The maximum atomic E-state index is 6.27. The first-order valence-corrected chi connectivity index (χ1v) is 6.95. The molecule has 0 aliphatic heterocycles. The lowest BCUT2D eigenvalue weighted by molar-refractivity contribution is 0.639. The summed E-state index contributed by atoms with van der Waals surface area (Å²) in [5.41, 5.74) is 9.49. The van der Waals surface area contributed by atoms with E-state index in [-0.39, 0.29) is 6.04 Å². The van der Waals surface area contributed by atoms with E-state index in [0.29, 0.717) is 0 Å². The van der Waals surface area contributed by atoms with E-state index in [0.717, 1.165) is 41.2 Å². The number of aromatic nitrogens is 4. The second-order valence-corrected chi connectivity index (χ2v) is 5.33. The Labute approximate surface area is 111 Å². The molecule has 0 radical (unpaired) electrons. The van der Waals surface area contributed by atoms with Crippen LogP contribution in [0.1, 0.15) is 41.3 Å². The Morgan fingerprint density at radius 3 is 2.89 bits per heavy atom. The molecule has 18 heavy (non-hydrogen) atoms. The number of hydrogen-bond donors (Lipinski definition) is 1. The van der Waals surface area contributed by atoms with Crippen LogP contribution in [0.2, 0.25) is 0 Å². The molecule has 6 heteroatoms. The number of aryl methyl sites for hydroxylation is 3. The van der Waals surface area contributed by atoms with Gasteiger partial charge in [0.1, 0.15) is 0 Å². The van der Waals surface area contributed by atoms with Crippen LogP contribution in [-0.2, 0) is 19.9 Å². The predicted octanol–water partition coefficient (Wildman–Crippen LogP) is 1.78. The highest BCUT2D eigenvalue weighted by Gasteiger charge is 2.17. The number of hydrogen-bond acceptors (Lipinski definition) is 5. The Bertz CT molecular complexity index is 516. The summed E-state index contributed by atoms with van der Waals surface area (Å²) < 4.78 is 5.91. The molecule has 2 rings (SSSR count). The van der Waals surface area contributed by atoms with Crippen LogP contribution in [0.15, 0.2) is 6.07 Å². The van der Waals surface area contributed by atoms with Gasteiger partial charge in [-0.3, -0.25) is 4.68 Å². The summed E-state index contributed by atoms with van der Waals surface area (Å²) in [5.74, 6) is 0. The van der Waals surface area contributed by atoms with E-state index in [1.54, 1.807) is 0 Å². The molecule has 0 bridgehead atoms. The van der Waals surface area contributed by atoms with E-state index < -0.39 is 0 Å². The first kappa shape index (κ1) is 13.2. The molecule has 2 N–H and O–H groups in total. The van der Waals surface area contributed by atoms with Gasteiger partial charge in [0, 0.05) is 25.2 Å². The van der Waals surface area contributed by atoms with Crippen LogP contribution in [-0.4, -0.2) is 19.4 Å². The maximum Gasteiger partial charge on any atom is 0.0803 e. The minimum atomic E-state index is -0.0404.